The van der Waals surface area contributed by atoms with Gasteiger partial charge in [-0.25, -0.2) is 0 Å². The van der Waals surface area contributed by atoms with Gasteiger partial charge >= 0.3 is 0 Å². The smallest absolute Gasteiger partial charge is 0.200 e. The predicted molar refractivity (Wildman–Crippen MR) is 89.2 cm³/mol. The van der Waals surface area contributed by atoms with Crippen LogP contribution in [0.15, 0.2) is 41.0 Å². The van der Waals surface area contributed by atoms with Crippen molar-refractivity contribution in [3.63, 3.8) is 0 Å². The highest BCUT2D eigenvalue weighted by molar-refractivity contribution is 9.10. The average molecular weight is 361 g/mol. The molecule has 1 aromatic carbocycles. The molecule has 0 bridgehead atoms. The molecule has 0 amide bonds. The van der Waals surface area contributed by atoms with Crippen LogP contribution in [0, 0.1) is 18.6 Å². The number of aromatic nitrogens is 4. The lowest BCUT2D eigenvalue weighted by molar-refractivity contribution is 1.01. The number of pyridine rings is 1. The number of nitrogens with zero attached hydrogens (tertiary/aromatic N) is 3. The zero-order chi connectivity index (χ0) is 15.0. The monoisotopic (exact) mass is 360 g/mol. The third kappa shape index (κ3) is 2.56. The number of aryl methyl sites for hydroxylation is 2. The second kappa shape index (κ2) is 5.54. The van der Waals surface area contributed by atoms with Crippen LogP contribution in [0.1, 0.15) is 11.1 Å². The van der Waals surface area contributed by atoms with Crippen LogP contribution >= 0.6 is 28.1 Å². The minimum Gasteiger partial charge on any atom is -0.265 e. The van der Waals surface area contributed by atoms with Crippen molar-refractivity contribution in [3.8, 4) is 17.2 Å². The number of hydrogen-bond acceptors (Lipinski definition) is 3. The summed E-state index contributed by atoms with van der Waals surface area (Å²) >= 11 is 9.03. The number of halogens is 1. The summed E-state index contributed by atoms with van der Waals surface area (Å²) < 4.78 is 3.44. The SMILES string of the molecule is Cc1cc(C)c(-n2c(-c3ccccn3)n[nH]c2=S)c(Br)c1. The van der Waals surface area contributed by atoms with E-state index < -0.39 is 0 Å². The van der Waals surface area contributed by atoms with Gasteiger partial charge in [0.25, 0.3) is 0 Å². The van der Waals surface area contributed by atoms with Gasteiger partial charge in [-0.05, 0) is 71.3 Å². The van der Waals surface area contributed by atoms with Gasteiger partial charge < -0.3 is 0 Å². The summed E-state index contributed by atoms with van der Waals surface area (Å²) in [6, 6.07) is 9.92. The van der Waals surface area contributed by atoms with Crippen molar-refractivity contribution in [3.05, 3.63) is 56.9 Å². The summed E-state index contributed by atoms with van der Waals surface area (Å²) in [6.07, 6.45) is 1.74. The second-order valence-electron chi connectivity index (χ2n) is 4.82. The van der Waals surface area contributed by atoms with Crippen molar-refractivity contribution >= 4 is 28.1 Å². The average Bonchev–Trinajstić information content (AvgIpc) is 2.81. The predicted octanol–water partition coefficient (Wildman–Crippen LogP) is 4.37. The quantitative estimate of drug-likeness (QED) is 0.690. The van der Waals surface area contributed by atoms with Crippen LogP contribution in [-0.4, -0.2) is 19.7 Å². The van der Waals surface area contributed by atoms with Crippen molar-refractivity contribution in [1.82, 2.24) is 19.7 Å². The fourth-order valence-electron chi connectivity index (χ4n) is 2.36. The van der Waals surface area contributed by atoms with E-state index in [1.807, 2.05) is 22.8 Å². The number of benzene rings is 1. The van der Waals surface area contributed by atoms with E-state index in [-0.39, 0.29) is 0 Å². The largest absolute Gasteiger partial charge is 0.265 e. The van der Waals surface area contributed by atoms with Crippen LogP contribution < -0.4 is 0 Å². The molecule has 21 heavy (non-hydrogen) atoms. The molecular formula is C15H13BrN4S. The van der Waals surface area contributed by atoms with E-state index in [2.05, 4.69) is 57.1 Å². The minimum absolute atomic E-state index is 0.545. The van der Waals surface area contributed by atoms with E-state index >= 15 is 0 Å². The first kappa shape index (κ1) is 14.2. The van der Waals surface area contributed by atoms with Crippen molar-refractivity contribution in [2.24, 2.45) is 0 Å². The molecule has 0 atom stereocenters. The summed E-state index contributed by atoms with van der Waals surface area (Å²) in [7, 11) is 0. The molecular weight excluding hydrogens is 348 g/mol. The molecule has 0 radical (unpaired) electrons. The first-order chi connectivity index (χ1) is 10.1. The van der Waals surface area contributed by atoms with Crippen LogP contribution in [0.4, 0.5) is 0 Å². The molecule has 0 aliphatic heterocycles. The van der Waals surface area contributed by atoms with Gasteiger partial charge in [0.2, 0.25) is 0 Å². The molecule has 106 valence electrons. The molecule has 0 fully saturated rings. The lowest BCUT2D eigenvalue weighted by Gasteiger charge is -2.13. The van der Waals surface area contributed by atoms with Gasteiger partial charge in [-0.1, -0.05) is 12.1 Å². The molecule has 0 saturated carbocycles. The summed E-state index contributed by atoms with van der Waals surface area (Å²) in [6.45, 7) is 4.12. The third-order valence-corrected chi connectivity index (χ3v) is 4.07. The topological polar surface area (TPSA) is 46.5 Å². The Morgan fingerprint density at radius 2 is 2.05 bits per heavy atom. The van der Waals surface area contributed by atoms with Crippen molar-refractivity contribution in [2.75, 3.05) is 0 Å². The maximum absolute atomic E-state index is 5.40. The number of rotatable bonds is 2. The zero-order valence-corrected chi connectivity index (χ0v) is 14.0. The van der Waals surface area contributed by atoms with E-state index in [1.165, 1.54) is 5.56 Å². The van der Waals surface area contributed by atoms with Gasteiger partial charge in [-0.15, -0.1) is 0 Å². The van der Waals surface area contributed by atoms with E-state index in [0.29, 0.717) is 10.6 Å². The Morgan fingerprint density at radius 3 is 2.71 bits per heavy atom. The first-order valence-corrected chi connectivity index (χ1v) is 7.64. The Morgan fingerprint density at radius 1 is 1.24 bits per heavy atom. The van der Waals surface area contributed by atoms with E-state index in [4.69, 9.17) is 12.2 Å². The Kier molecular flexibility index (Phi) is 3.73. The van der Waals surface area contributed by atoms with Crippen LogP contribution in [0.5, 0.6) is 0 Å². The summed E-state index contributed by atoms with van der Waals surface area (Å²) in [5.74, 6) is 0.702. The third-order valence-electron chi connectivity index (χ3n) is 3.19. The van der Waals surface area contributed by atoms with Crippen molar-refractivity contribution in [2.45, 2.75) is 13.8 Å². The van der Waals surface area contributed by atoms with Crippen LogP contribution in [0.3, 0.4) is 0 Å². The molecule has 0 saturated heterocycles. The Hall–Kier alpha value is -1.79. The highest BCUT2D eigenvalue weighted by Gasteiger charge is 2.16. The molecule has 4 nitrogen and oxygen atoms in total. The van der Waals surface area contributed by atoms with E-state index in [0.717, 1.165) is 21.4 Å². The highest BCUT2D eigenvalue weighted by atomic mass is 79.9. The first-order valence-electron chi connectivity index (χ1n) is 6.44. The molecule has 0 aliphatic carbocycles. The normalized spacial score (nSPS) is 10.8. The van der Waals surface area contributed by atoms with Gasteiger partial charge in [-0.3, -0.25) is 14.6 Å². The number of aromatic amines is 1. The molecule has 0 spiro atoms. The second-order valence-corrected chi connectivity index (χ2v) is 6.06. The maximum Gasteiger partial charge on any atom is 0.200 e. The fraction of sp³-hybridized carbons (Fsp3) is 0.133. The molecule has 1 N–H and O–H groups in total. The molecule has 2 aromatic heterocycles. The van der Waals surface area contributed by atoms with E-state index in [9.17, 15) is 0 Å². The molecule has 3 aromatic rings. The lowest BCUT2D eigenvalue weighted by atomic mass is 10.1. The minimum atomic E-state index is 0.545. The van der Waals surface area contributed by atoms with Gasteiger partial charge in [0.05, 0.1) is 5.69 Å². The molecule has 6 heteroatoms. The van der Waals surface area contributed by atoms with Gasteiger partial charge in [0, 0.05) is 10.7 Å². The highest BCUT2D eigenvalue weighted by Crippen LogP contribution is 2.29. The summed E-state index contributed by atoms with van der Waals surface area (Å²) in [4.78, 5) is 4.36. The van der Waals surface area contributed by atoms with Crippen molar-refractivity contribution in [1.29, 1.82) is 0 Å². The lowest BCUT2D eigenvalue weighted by Crippen LogP contribution is -2.02. The van der Waals surface area contributed by atoms with E-state index in [1.54, 1.807) is 6.20 Å². The Bertz CT molecular complexity index is 829. The molecule has 3 rings (SSSR count). The Labute approximate surface area is 136 Å². The molecule has 0 aliphatic rings. The van der Waals surface area contributed by atoms with Gasteiger partial charge in [0.1, 0.15) is 5.69 Å². The van der Waals surface area contributed by atoms with Crippen molar-refractivity contribution < 1.29 is 0 Å². The standard InChI is InChI=1S/C15H13BrN4S/c1-9-7-10(2)13(11(16)8-9)20-14(18-19-15(20)21)12-5-3-4-6-17-12/h3-8H,1-2H3,(H,19,21). The fourth-order valence-corrected chi connectivity index (χ4v) is 3.44. The van der Waals surface area contributed by atoms with Crippen LogP contribution in [-0.2, 0) is 0 Å². The number of hydrogen-bond donors (Lipinski definition) is 1. The zero-order valence-electron chi connectivity index (χ0n) is 11.6. The summed E-state index contributed by atoms with van der Waals surface area (Å²) in [5, 5.41) is 7.19. The van der Waals surface area contributed by atoms with Crippen LogP contribution in [0.25, 0.3) is 17.2 Å². The number of H-pyrrole nitrogens is 1. The molecule has 2 heterocycles. The Balaban J connectivity index is 2.30. The number of nitrogens with one attached hydrogen (secondary N) is 1. The van der Waals surface area contributed by atoms with Gasteiger partial charge in [0.15, 0.2) is 10.6 Å². The van der Waals surface area contributed by atoms with Crippen LogP contribution in [0.2, 0.25) is 0 Å². The maximum atomic E-state index is 5.40. The summed E-state index contributed by atoms with van der Waals surface area (Å²) in [5.41, 5.74) is 4.07. The molecule has 0 unspecified atom stereocenters. The van der Waals surface area contributed by atoms with Gasteiger partial charge in [-0.2, -0.15) is 5.10 Å².